The number of ether oxygens (including phenoxy) is 2. The minimum absolute atomic E-state index is 0.0483. The number of hydrogen-bond donors (Lipinski definition) is 2. The monoisotopic (exact) mass is 513 g/mol. The molecule has 198 valence electrons. The van der Waals surface area contributed by atoms with Crippen molar-refractivity contribution in [2.75, 3.05) is 46.1 Å². The van der Waals surface area contributed by atoms with Gasteiger partial charge < -0.3 is 33.8 Å². The van der Waals surface area contributed by atoms with Crippen molar-refractivity contribution in [2.24, 2.45) is 17.6 Å². The maximum absolute atomic E-state index is 13.5. The Hall–Kier alpha value is -1.83. The van der Waals surface area contributed by atoms with E-state index < -0.39 is 37.9 Å². The van der Waals surface area contributed by atoms with E-state index in [0.717, 1.165) is 0 Å². The molecule has 4 unspecified atom stereocenters. The number of imide groups is 1. The number of rotatable bonds is 15. The predicted molar refractivity (Wildman–Crippen MR) is 128 cm³/mol. The summed E-state index contributed by atoms with van der Waals surface area (Å²) in [6, 6.07) is 0.512. The van der Waals surface area contributed by atoms with Crippen LogP contribution in [0.15, 0.2) is 12.2 Å². The van der Waals surface area contributed by atoms with E-state index in [1.807, 2.05) is 39.8 Å². The highest BCUT2D eigenvalue weighted by molar-refractivity contribution is 6.60. The molecule has 0 spiro atoms. The average molecular weight is 514 g/mol. The van der Waals surface area contributed by atoms with Crippen LogP contribution in [-0.4, -0.2) is 88.9 Å². The van der Waals surface area contributed by atoms with E-state index in [1.54, 1.807) is 0 Å². The van der Waals surface area contributed by atoms with Crippen LogP contribution in [0.1, 0.15) is 40.5 Å². The molecule has 12 heteroatoms. The molecular weight excluding hydrogens is 474 g/mol. The van der Waals surface area contributed by atoms with Crippen molar-refractivity contribution in [2.45, 2.75) is 57.8 Å². The highest BCUT2D eigenvalue weighted by Crippen LogP contribution is 2.58. The molecule has 3 aliphatic rings. The van der Waals surface area contributed by atoms with Crippen molar-refractivity contribution in [3.63, 3.8) is 0 Å². The molecular formula is C23H39N3O8Si. The molecule has 0 aromatic rings. The van der Waals surface area contributed by atoms with Crippen LogP contribution < -0.4 is 11.1 Å². The van der Waals surface area contributed by atoms with Crippen LogP contribution in [0, 0.1) is 11.8 Å². The van der Waals surface area contributed by atoms with Crippen molar-refractivity contribution in [3.8, 4) is 0 Å². The van der Waals surface area contributed by atoms with E-state index in [-0.39, 0.29) is 31.4 Å². The molecule has 3 amide bonds. The molecule has 11 nitrogen and oxygen atoms in total. The molecule has 0 aromatic carbocycles. The number of nitrogens with zero attached hydrogens (tertiary/aromatic N) is 1. The van der Waals surface area contributed by atoms with Crippen LogP contribution in [0.3, 0.4) is 0 Å². The highest BCUT2D eigenvalue weighted by atomic mass is 28.4. The SMILES string of the molecule is CCO[Si](CCCN1C(=O)C2C(C1=O)C1(CCOC(=O)NCCN)C=CC2(C)O1)(OCC)OCC. The van der Waals surface area contributed by atoms with Crippen molar-refractivity contribution >= 4 is 26.7 Å². The van der Waals surface area contributed by atoms with Gasteiger partial charge in [0.2, 0.25) is 11.8 Å². The molecule has 3 heterocycles. The fourth-order valence-corrected chi connectivity index (χ4v) is 8.00. The van der Waals surface area contributed by atoms with Gasteiger partial charge in [-0.05, 0) is 34.1 Å². The molecule has 0 aromatic heterocycles. The zero-order valence-corrected chi connectivity index (χ0v) is 22.2. The van der Waals surface area contributed by atoms with Crippen molar-refractivity contribution in [3.05, 3.63) is 12.2 Å². The lowest BCUT2D eigenvalue weighted by molar-refractivity contribution is -0.147. The zero-order chi connectivity index (χ0) is 25.7. The number of alkyl carbamates (subject to hydrolysis) is 1. The summed E-state index contributed by atoms with van der Waals surface area (Å²) in [5.41, 5.74) is 3.54. The first-order chi connectivity index (χ1) is 16.7. The zero-order valence-electron chi connectivity index (χ0n) is 21.2. The first kappa shape index (κ1) is 27.7. The van der Waals surface area contributed by atoms with E-state index >= 15 is 0 Å². The van der Waals surface area contributed by atoms with Gasteiger partial charge in [-0.2, -0.15) is 0 Å². The molecule has 4 atom stereocenters. The van der Waals surface area contributed by atoms with E-state index in [2.05, 4.69) is 5.32 Å². The molecule has 2 bridgehead atoms. The molecule has 3 N–H and O–H groups in total. The van der Waals surface area contributed by atoms with Crippen molar-refractivity contribution in [1.29, 1.82) is 0 Å². The molecule has 0 radical (unpaired) electrons. The third-order valence-electron chi connectivity index (χ3n) is 6.74. The maximum atomic E-state index is 13.5. The van der Waals surface area contributed by atoms with Crippen LogP contribution >= 0.6 is 0 Å². The van der Waals surface area contributed by atoms with E-state index in [0.29, 0.717) is 45.4 Å². The topological polar surface area (TPSA) is 139 Å². The Morgan fingerprint density at radius 2 is 1.74 bits per heavy atom. The summed E-state index contributed by atoms with van der Waals surface area (Å²) in [6.07, 6.45) is 3.92. The van der Waals surface area contributed by atoms with Gasteiger partial charge in [-0.25, -0.2) is 4.79 Å². The second-order valence-electron chi connectivity index (χ2n) is 9.04. The summed E-state index contributed by atoms with van der Waals surface area (Å²) >= 11 is 0. The summed E-state index contributed by atoms with van der Waals surface area (Å²) in [5, 5.41) is 2.54. The first-order valence-electron chi connectivity index (χ1n) is 12.5. The van der Waals surface area contributed by atoms with Gasteiger partial charge in [0.25, 0.3) is 0 Å². The Morgan fingerprint density at radius 3 is 2.34 bits per heavy atom. The summed E-state index contributed by atoms with van der Waals surface area (Å²) in [6.45, 7) is 9.83. The van der Waals surface area contributed by atoms with Gasteiger partial charge in [0.1, 0.15) is 5.60 Å². The van der Waals surface area contributed by atoms with Crippen molar-refractivity contribution < 1.29 is 37.1 Å². The number of hydrogen-bond acceptors (Lipinski definition) is 9. The molecule has 3 aliphatic heterocycles. The average Bonchev–Trinajstić information content (AvgIpc) is 3.38. The normalized spacial score (nSPS) is 29.2. The summed E-state index contributed by atoms with van der Waals surface area (Å²) in [5.74, 6) is -1.73. The van der Waals surface area contributed by atoms with Gasteiger partial charge >= 0.3 is 14.9 Å². The Morgan fingerprint density at radius 1 is 1.11 bits per heavy atom. The van der Waals surface area contributed by atoms with E-state index in [9.17, 15) is 14.4 Å². The smallest absolute Gasteiger partial charge is 0.449 e. The Bertz CT molecular complexity index is 810. The summed E-state index contributed by atoms with van der Waals surface area (Å²) < 4.78 is 29.2. The third-order valence-corrected chi connectivity index (χ3v) is 9.90. The standard InChI is InChI=1S/C23H39N3O8Si/c1-5-31-35(32-6-2,33-7-3)16-8-14-26-19(27)17-18(20(26)28)23(10-9-22(17,4)34-23)11-15-30-21(29)25-13-12-24/h9-10,17-18H,5-8,11-16,24H2,1-4H3,(H,25,29). The first-order valence-corrected chi connectivity index (χ1v) is 14.4. The fraction of sp³-hybridized carbons (Fsp3) is 0.783. The lowest BCUT2D eigenvalue weighted by atomic mass is 9.71. The molecule has 2 saturated heterocycles. The van der Waals surface area contributed by atoms with E-state index in [4.69, 9.17) is 28.5 Å². The number of nitrogens with one attached hydrogen (secondary N) is 1. The van der Waals surface area contributed by atoms with Gasteiger partial charge in [0.05, 0.1) is 24.0 Å². The molecule has 0 aliphatic carbocycles. The van der Waals surface area contributed by atoms with Gasteiger partial charge in [0.15, 0.2) is 0 Å². The van der Waals surface area contributed by atoms with Crippen LogP contribution in [0.25, 0.3) is 0 Å². The van der Waals surface area contributed by atoms with Gasteiger partial charge in [-0.15, -0.1) is 0 Å². The fourth-order valence-electron chi connectivity index (χ4n) is 5.41. The Kier molecular flexibility index (Phi) is 9.10. The van der Waals surface area contributed by atoms with Gasteiger partial charge in [-0.1, -0.05) is 12.2 Å². The number of nitrogens with two attached hydrogens (primary N) is 1. The van der Waals surface area contributed by atoms with Gasteiger partial charge in [-0.3, -0.25) is 14.5 Å². The maximum Gasteiger partial charge on any atom is 0.500 e. The number of amides is 3. The van der Waals surface area contributed by atoms with Crippen LogP contribution in [0.2, 0.25) is 6.04 Å². The summed E-state index contributed by atoms with van der Waals surface area (Å²) in [7, 11) is -2.87. The quantitative estimate of drug-likeness (QED) is 0.188. The lowest BCUT2D eigenvalue weighted by Gasteiger charge is -2.30. The van der Waals surface area contributed by atoms with Crippen LogP contribution in [-0.2, 0) is 32.3 Å². The molecule has 3 rings (SSSR count). The highest BCUT2D eigenvalue weighted by Gasteiger charge is 2.71. The van der Waals surface area contributed by atoms with Gasteiger partial charge in [0, 0.05) is 51.9 Å². The second-order valence-corrected chi connectivity index (χ2v) is 11.8. The van der Waals surface area contributed by atoms with Crippen molar-refractivity contribution in [1.82, 2.24) is 10.2 Å². The number of fused-ring (bicyclic) bond motifs is 5. The minimum Gasteiger partial charge on any atom is -0.449 e. The Balaban J connectivity index is 1.66. The van der Waals surface area contributed by atoms with E-state index in [1.165, 1.54) is 4.90 Å². The largest absolute Gasteiger partial charge is 0.500 e. The number of likely N-dealkylation sites (tertiary alicyclic amines) is 1. The van der Waals surface area contributed by atoms with Crippen LogP contribution in [0.5, 0.6) is 0 Å². The minimum atomic E-state index is -2.87. The summed E-state index contributed by atoms with van der Waals surface area (Å²) in [4.78, 5) is 40.0. The molecule has 0 saturated carbocycles. The number of carbonyl (C=O) groups is 3. The molecule has 2 fully saturated rings. The Labute approximate surface area is 208 Å². The third kappa shape index (κ3) is 5.47. The number of carbonyl (C=O) groups excluding carboxylic acids is 3. The second kappa shape index (κ2) is 11.5. The molecule has 35 heavy (non-hydrogen) atoms. The van der Waals surface area contributed by atoms with Crippen LogP contribution in [0.4, 0.5) is 4.79 Å². The lowest BCUT2D eigenvalue weighted by Crippen LogP contribution is -2.47. The predicted octanol–water partition coefficient (Wildman–Crippen LogP) is 1.20.